The van der Waals surface area contributed by atoms with Crippen LogP contribution in [0.5, 0.6) is 0 Å². The van der Waals surface area contributed by atoms with E-state index in [1.165, 1.54) is 12.0 Å². The normalized spacial score (nSPS) is 14.7. The highest BCUT2D eigenvalue weighted by Crippen LogP contribution is 2.22. The maximum atomic E-state index is 5.95. The van der Waals surface area contributed by atoms with Gasteiger partial charge in [-0.3, -0.25) is 0 Å². The van der Waals surface area contributed by atoms with Crippen molar-refractivity contribution in [2.24, 2.45) is 5.92 Å². The summed E-state index contributed by atoms with van der Waals surface area (Å²) in [6.07, 6.45) is 1.18. The van der Waals surface area contributed by atoms with Gasteiger partial charge in [-0.15, -0.1) is 0 Å². The number of nitrogens with two attached hydrogens (primary N) is 1. The van der Waals surface area contributed by atoms with Crippen molar-refractivity contribution >= 4 is 11.4 Å². The van der Waals surface area contributed by atoms with Gasteiger partial charge < -0.3 is 11.1 Å². The largest absolute Gasteiger partial charge is 0.397 e. The van der Waals surface area contributed by atoms with Crippen LogP contribution in [0.4, 0.5) is 11.4 Å². The van der Waals surface area contributed by atoms with E-state index in [-0.39, 0.29) is 0 Å². The Kier molecular flexibility index (Phi) is 4.01. The number of rotatable bonds is 4. The Morgan fingerprint density at radius 1 is 1.33 bits per heavy atom. The van der Waals surface area contributed by atoms with Crippen molar-refractivity contribution in [3.63, 3.8) is 0 Å². The fourth-order valence-corrected chi connectivity index (χ4v) is 1.55. The monoisotopic (exact) mass is 206 g/mol. The van der Waals surface area contributed by atoms with Gasteiger partial charge in [0.2, 0.25) is 0 Å². The first-order valence-electron chi connectivity index (χ1n) is 5.67. The molecule has 3 N–H and O–H groups in total. The van der Waals surface area contributed by atoms with Gasteiger partial charge in [-0.1, -0.05) is 26.3 Å². The van der Waals surface area contributed by atoms with Crippen molar-refractivity contribution in [1.29, 1.82) is 0 Å². The van der Waals surface area contributed by atoms with Crippen molar-refractivity contribution < 1.29 is 0 Å². The molecule has 1 rings (SSSR count). The third-order valence-electron chi connectivity index (χ3n) is 3.09. The number of hydrogen-bond acceptors (Lipinski definition) is 2. The Labute approximate surface area is 92.9 Å². The Morgan fingerprint density at radius 2 is 2.00 bits per heavy atom. The van der Waals surface area contributed by atoms with Gasteiger partial charge in [0, 0.05) is 6.04 Å². The molecule has 0 saturated carbocycles. The molecule has 0 heterocycles. The molecule has 2 nitrogen and oxygen atoms in total. The van der Waals surface area contributed by atoms with Crippen LogP contribution in [0, 0.1) is 12.8 Å². The van der Waals surface area contributed by atoms with Crippen molar-refractivity contribution in [2.45, 2.75) is 40.2 Å². The zero-order valence-electron chi connectivity index (χ0n) is 10.2. The molecular weight excluding hydrogens is 184 g/mol. The maximum absolute atomic E-state index is 5.95. The first-order valence-corrected chi connectivity index (χ1v) is 5.67. The average molecular weight is 206 g/mol. The van der Waals surface area contributed by atoms with Crippen LogP contribution in [0.2, 0.25) is 0 Å². The highest BCUT2D eigenvalue weighted by molar-refractivity contribution is 5.67. The summed E-state index contributed by atoms with van der Waals surface area (Å²) in [5.74, 6) is 0.658. The molecule has 2 unspecified atom stereocenters. The van der Waals surface area contributed by atoms with E-state index in [1.54, 1.807) is 0 Å². The summed E-state index contributed by atoms with van der Waals surface area (Å²) in [6.45, 7) is 8.72. The van der Waals surface area contributed by atoms with E-state index < -0.39 is 0 Å². The molecule has 0 spiro atoms. The van der Waals surface area contributed by atoms with Crippen LogP contribution in [-0.2, 0) is 0 Å². The Morgan fingerprint density at radius 3 is 2.53 bits per heavy atom. The highest BCUT2D eigenvalue weighted by atomic mass is 14.9. The summed E-state index contributed by atoms with van der Waals surface area (Å²) in [5, 5.41) is 3.46. The lowest BCUT2D eigenvalue weighted by atomic mass is 10.0. The van der Waals surface area contributed by atoms with Gasteiger partial charge >= 0.3 is 0 Å². The summed E-state index contributed by atoms with van der Waals surface area (Å²) in [6, 6.07) is 6.61. The molecule has 0 aromatic heterocycles. The van der Waals surface area contributed by atoms with Gasteiger partial charge in [0.15, 0.2) is 0 Å². The predicted octanol–water partition coefficient (Wildman–Crippen LogP) is 3.42. The summed E-state index contributed by atoms with van der Waals surface area (Å²) in [7, 11) is 0. The SMILES string of the molecule is CCC(C)C(C)Nc1ccc(C)cc1N. The topological polar surface area (TPSA) is 38.0 Å². The maximum Gasteiger partial charge on any atom is 0.0576 e. The molecule has 0 aliphatic carbocycles. The Hall–Kier alpha value is -1.18. The lowest BCUT2D eigenvalue weighted by Crippen LogP contribution is -2.23. The first-order chi connectivity index (χ1) is 7.04. The lowest BCUT2D eigenvalue weighted by molar-refractivity contribution is 0.495. The highest BCUT2D eigenvalue weighted by Gasteiger charge is 2.10. The van der Waals surface area contributed by atoms with Gasteiger partial charge in [0.25, 0.3) is 0 Å². The van der Waals surface area contributed by atoms with E-state index in [1.807, 2.05) is 6.07 Å². The lowest BCUT2D eigenvalue weighted by Gasteiger charge is -2.22. The van der Waals surface area contributed by atoms with E-state index in [4.69, 9.17) is 5.73 Å². The molecule has 15 heavy (non-hydrogen) atoms. The van der Waals surface area contributed by atoms with Gasteiger partial charge in [0.1, 0.15) is 0 Å². The molecule has 84 valence electrons. The molecule has 1 aromatic rings. The van der Waals surface area contributed by atoms with Crippen LogP contribution in [-0.4, -0.2) is 6.04 Å². The molecule has 0 radical (unpaired) electrons. The minimum absolute atomic E-state index is 0.458. The smallest absolute Gasteiger partial charge is 0.0576 e. The average Bonchev–Trinajstić information content (AvgIpc) is 2.20. The number of nitrogen functional groups attached to an aromatic ring is 1. The number of hydrogen-bond donors (Lipinski definition) is 2. The molecule has 0 amide bonds. The second-order valence-corrected chi connectivity index (χ2v) is 4.41. The molecule has 1 aromatic carbocycles. The van der Waals surface area contributed by atoms with Crippen LogP contribution >= 0.6 is 0 Å². The Bertz CT molecular complexity index is 320. The summed E-state index contributed by atoms with van der Waals surface area (Å²) in [5.41, 5.74) is 9.04. The predicted molar refractivity (Wildman–Crippen MR) is 68.1 cm³/mol. The molecule has 0 saturated heterocycles. The summed E-state index contributed by atoms with van der Waals surface area (Å²) < 4.78 is 0. The molecule has 0 aliphatic heterocycles. The fraction of sp³-hybridized carbons (Fsp3) is 0.538. The standard InChI is InChI=1S/C13H22N2/c1-5-10(3)11(4)15-13-7-6-9(2)8-12(13)14/h6-8,10-11,15H,5,14H2,1-4H3. The van der Waals surface area contributed by atoms with Crippen molar-refractivity contribution in [2.75, 3.05) is 11.1 Å². The van der Waals surface area contributed by atoms with E-state index in [9.17, 15) is 0 Å². The van der Waals surface area contributed by atoms with E-state index in [0.29, 0.717) is 12.0 Å². The van der Waals surface area contributed by atoms with Crippen LogP contribution in [0.3, 0.4) is 0 Å². The Balaban J connectivity index is 2.72. The first kappa shape index (κ1) is 11.9. The second kappa shape index (κ2) is 5.06. The van der Waals surface area contributed by atoms with Gasteiger partial charge in [0.05, 0.1) is 11.4 Å². The number of nitrogens with one attached hydrogen (secondary N) is 1. The zero-order valence-corrected chi connectivity index (χ0v) is 10.2. The third-order valence-corrected chi connectivity index (χ3v) is 3.09. The summed E-state index contributed by atoms with van der Waals surface area (Å²) in [4.78, 5) is 0. The minimum Gasteiger partial charge on any atom is -0.397 e. The van der Waals surface area contributed by atoms with Crippen molar-refractivity contribution in [3.8, 4) is 0 Å². The number of aryl methyl sites for hydroxylation is 1. The molecule has 0 aliphatic rings. The molecule has 2 atom stereocenters. The van der Waals surface area contributed by atoms with Crippen molar-refractivity contribution in [3.05, 3.63) is 23.8 Å². The molecular formula is C13H22N2. The fourth-order valence-electron chi connectivity index (χ4n) is 1.55. The van der Waals surface area contributed by atoms with Crippen LogP contribution in [0.25, 0.3) is 0 Å². The van der Waals surface area contributed by atoms with Gasteiger partial charge in [-0.25, -0.2) is 0 Å². The number of benzene rings is 1. The van der Waals surface area contributed by atoms with Gasteiger partial charge in [-0.05, 0) is 37.5 Å². The van der Waals surface area contributed by atoms with Crippen molar-refractivity contribution in [1.82, 2.24) is 0 Å². The van der Waals surface area contributed by atoms with Crippen LogP contribution < -0.4 is 11.1 Å². The quantitative estimate of drug-likeness (QED) is 0.741. The number of anilines is 2. The van der Waals surface area contributed by atoms with E-state index >= 15 is 0 Å². The summed E-state index contributed by atoms with van der Waals surface area (Å²) >= 11 is 0. The molecule has 0 bridgehead atoms. The second-order valence-electron chi connectivity index (χ2n) is 4.41. The third kappa shape index (κ3) is 3.15. The molecule has 0 fully saturated rings. The van der Waals surface area contributed by atoms with Gasteiger partial charge in [-0.2, -0.15) is 0 Å². The van der Waals surface area contributed by atoms with E-state index in [0.717, 1.165) is 11.4 Å². The zero-order chi connectivity index (χ0) is 11.4. The van der Waals surface area contributed by atoms with E-state index in [2.05, 4.69) is 45.1 Å². The minimum atomic E-state index is 0.458. The van der Waals surface area contributed by atoms with Crippen LogP contribution in [0.15, 0.2) is 18.2 Å². The van der Waals surface area contributed by atoms with Crippen LogP contribution in [0.1, 0.15) is 32.8 Å². The molecule has 2 heteroatoms.